The Morgan fingerprint density at radius 3 is 2.81 bits per heavy atom. The molecule has 1 N–H and O–H groups in total. The molecule has 1 heterocycles. The molecular weight excluding hydrogens is 286 g/mol. The molecule has 1 aromatic heterocycles. The van der Waals surface area contributed by atoms with E-state index in [2.05, 4.69) is 16.5 Å². The van der Waals surface area contributed by atoms with Crippen LogP contribution in [0.3, 0.4) is 0 Å². The van der Waals surface area contributed by atoms with Crippen molar-refractivity contribution < 1.29 is 8.42 Å². The van der Waals surface area contributed by atoms with Gasteiger partial charge in [0.15, 0.2) is 0 Å². The molecule has 0 bridgehead atoms. The quantitative estimate of drug-likeness (QED) is 0.846. The molecule has 0 unspecified atom stereocenters. The normalized spacial score (nSPS) is 15.7. The van der Waals surface area contributed by atoms with E-state index < -0.39 is 9.84 Å². The van der Waals surface area contributed by atoms with Crippen LogP contribution in [0.5, 0.6) is 0 Å². The topological polar surface area (TPSA) is 64.0 Å². The summed E-state index contributed by atoms with van der Waals surface area (Å²) in [6.07, 6.45) is 4.39. The van der Waals surface area contributed by atoms with Gasteiger partial charge in [-0.2, -0.15) is 5.10 Å². The fourth-order valence-corrected chi connectivity index (χ4v) is 3.16. The van der Waals surface area contributed by atoms with Crippen molar-refractivity contribution >= 4 is 20.7 Å². The summed E-state index contributed by atoms with van der Waals surface area (Å²) in [4.78, 5) is 0. The summed E-state index contributed by atoms with van der Waals surface area (Å²) >= 11 is 0. The van der Waals surface area contributed by atoms with Crippen LogP contribution in [0.25, 0.3) is 10.9 Å². The van der Waals surface area contributed by atoms with Gasteiger partial charge in [-0.1, -0.05) is 18.2 Å². The first kappa shape index (κ1) is 14.5. The minimum Gasteiger partial charge on any atom is -0.308 e. The van der Waals surface area contributed by atoms with Crippen molar-refractivity contribution in [2.45, 2.75) is 38.4 Å². The zero-order chi connectivity index (χ0) is 14.9. The van der Waals surface area contributed by atoms with E-state index >= 15 is 0 Å². The fraction of sp³-hybridized carbons (Fsp3) is 0.533. The number of fused-ring (bicyclic) bond motifs is 1. The minimum absolute atomic E-state index is 0.205. The van der Waals surface area contributed by atoms with E-state index in [1.54, 1.807) is 0 Å². The van der Waals surface area contributed by atoms with E-state index in [4.69, 9.17) is 0 Å². The minimum atomic E-state index is -2.91. The zero-order valence-electron chi connectivity index (χ0n) is 12.2. The summed E-state index contributed by atoms with van der Waals surface area (Å²) in [7, 11) is -2.91. The molecule has 3 rings (SSSR count). The number of sulfone groups is 1. The van der Waals surface area contributed by atoms with Crippen molar-refractivity contribution in [1.29, 1.82) is 0 Å². The lowest BCUT2D eigenvalue weighted by Crippen LogP contribution is -2.16. The number of hydrogen-bond acceptors (Lipinski definition) is 4. The Hall–Kier alpha value is -1.40. The second-order valence-electron chi connectivity index (χ2n) is 5.83. The Labute approximate surface area is 125 Å². The third kappa shape index (κ3) is 3.83. The molecule has 1 aromatic carbocycles. The molecular formula is C15H21N3O2S. The summed E-state index contributed by atoms with van der Waals surface area (Å²) < 4.78 is 24.4. The van der Waals surface area contributed by atoms with Gasteiger partial charge in [0, 0.05) is 30.8 Å². The highest BCUT2D eigenvalue weighted by atomic mass is 32.2. The van der Waals surface area contributed by atoms with Gasteiger partial charge in [0.2, 0.25) is 0 Å². The monoisotopic (exact) mass is 307 g/mol. The maximum absolute atomic E-state index is 11.2. The second kappa shape index (κ2) is 5.77. The van der Waals surface area contributed by atoms with Crippen molar-refractivity contribution in [3.05, 3.63) is 30.0 Å². The first-order valence-electron chi connectivity index (χ1n) is 7.38. The van der Waals surface area contributed by atoms with Gasteiger partial charge in [-0.05, 0) is 25.3 Å². The molecule has 2 aromatic rings. The second-order valence-corrected chi connectivity index (χ2v) is 8.09. The number of nitrogens with zero attached hydrogens (tertiary/aromatic N) is 2. The van der Waals surface area contributed by atoms with E-state index in [1.807, 2.05) is 22.9 Å². The number of aromatic nitrogens is 2. The molecule has 5 nitrogen and oxygen atoms in total. The average molecular weight is 307 g/mol. The molecule has 6 heteroatoms. The van der Waals surface area contributed by atoms with Gasteiger partial charge < -0.3 is 5.32 Å². The fourth-order valence-electron chi connectivity index (χ4n) is 2.50. The van der Waals surface area contributed by atoms with Crippen LogP contribution in [0.2, 0.25) is 0 Å². The van der Waals surface area contributed by atoms with Crippen LogP contribution in [0.1, 0.15) is 25.0 Å². The van der Waals surface area contributed by atoms with Gasteiger partial charge in [-0.3, -0.25) is 4.68 Å². The van der Waals surface area contributed by atoms with Gasteiger partial charge >= 0.3 is 0 Å². The summed E-state index contributed by atoms with van der Waals surface area (Å²) in [5.74, 6) is 0.205. The number of nitrogens with one attached hydrogen (secondary N) is 1. The largest absolute Gasteiger partial charge is 0.308 e. The van der Waals surface area contributed by atoms with Crippen LogP contribution in [0, 0.1) is 0 Å². The highest BCUT2D eigenvalue weighted by Gasteiger charge is 2.21. The third-order valence-electron chi connectivity index (χ3n) is 3.76. The number of para-hydroxylation sites is 1. The molecule has 0 spiro atoms. The van der Waals surface area contributed by atoms with Crippen molar-refractivity contribution in [1.82, 2.24) is 15.1 Å². The lowest BCUT2D eigenvalue weighted by molar-refractivity contribution is 0.576. The Bertz CT molecular complexity index is 732. The van der Waals surface area contributed by atoms with E-state index in [0.29, 0.717) is 19.0 Å². The molecule has 0 aliphatic heterocycles. The van der Waals surface area contributed by atoms with Crippen LogP contribution in [-0.4, -0.2) is 36.2 Å². The molecule has 21 heavy (non-hydrogen) atoms. The first-order chi connectivity index (χ1) is 10.0. The summed E-state index contributed by atoms with van der Waals surface area (Å²) in [6.45, 7) is 1.42. The van der Waals surface area contributed by atoms with Gasteiger partial charge in [-0.15, -0.1) is 0 Å². The molecule has 1 aliphatic rings. The van der Waals surface area contributed by atoms with Crippen molar-refractivity contribution in [2.75, 3.05) is 12.0 Å². The number of benzene rings is 1. The standard InChI is InChI=1S/C15H21N3O2S/c1-21(19,20)10-4-9-18-15-6-3-2-5-13(15)14(17-18)11-16-12-7-8-12/h2-3,5-6,12,16H,4,7-11H2,1H3. The number of rotatable bonds is 7. The van der Waals surface area contributed by atoms with Crippen molar-refractivity contribution in [3.63, 3.8) is 0 Å². The Morgan fingerprint density at radius 2 is 2.10 bits per heavy atom. The molecule has 0 saturated heterocycles. The summed E-state index contributed by atoms with van der Waals surface area (Å²) in [5, 5.41) is 9.31. The SMILES string of the molecule is CS(=O)(=O)CCCn1nc(CNC2CC2)c2ccccc21. The smallest absolute Gasteiger partial charge is 0.147 e. The van der Waals surface area contributed by atoms with E-state index in [-0.39, 0.29) is 5.75 Å². The van der Waals surface area contributed by atoms with Crippen LogP contribution in [0.15, 0.2) is 24.3 Å². The Kier molecular flexibility index (Phi) is 3.99. The molecule has 0 radical (unpaired) electrons. The van der Waals surface area contributed by atoms with Crippen molar-refractivity contribution in [2.24, 2.45) is 0 Å². The lowest BCUT2D eigenvalue weighted by atomic mass is 10.2. The number of aryl methyl sites for hydroxylation is 1. The van der Waals surface area contributed by atoms with E-state index in [9.17, 15) is 8.42 Å². The van der Waals surface area contributed by atoms with E-state index in [0.717, 1.165) is 23.1 Å². The van der Waals surface area contributed by atoms with Crippen molar-refractivity contribution in [3.8, 4) is 0 Å². The molecule has 0 atom stereocenters. The molecule has 1 aliphatic carbocycles. The Morgan fingerprint density at radius 1 is 1.33 bits per heavy atom. The van der Waals surface area contributed by atoms with Crippen LogP contribution >= 0.6 is 0 Å². The van der Waals surface area contributed by atoms with Gasteiger partial charge in [-0.25, -0.2) is 8.42 Å². The third-order valence-corrected chi connectivity index (χ3v) is 4.79. The maximum atomic E-state index is 11.2. The van der Waals surface area contributed by atoms with Gasteiger partial charge in [0.25, 0.3) is 0 Å². The zero-order valence-corrected chi connectivity index (χ0v) is 13.1. The molecule has 0 amide bonds. The van der Waals surface area contributed by atoms with Gasteiger partial charge in [0.1, 0.15) is 9.84 Å². The highest BCUT2D eigenvalue weighted by Crippen LogP contribution is 2.22. The Balaban J connectivity index is 1.77. The van der Waals surface area contributed by atoms with Crippen LogP contribution < -0.4 is 5.32 Å². The average Bonchev–Trinajstić information content (AvgIpc) is 3.19. The first-order valence-corrected chi connectivity index (χ1v) is 9.44. The van der Waals surface area contributed by atoms with Crippen LogP contribution in [-0.2, 0) is 22.9 Å². The number of hydrogen-bond donors (Lipinski definition) is 1. The highest BCUT2D eigenvalue weighted by molar-refractivity contribution is 7.90. The van der Waals surface area contributed by atoms with Gasteiger partial charge in [0.05, 0.1) is 17.0 Å². The maximum Gasteiger partial charge on any atom is 0.147 e. The predicted molar refractivity (Wildman–Crippen MR) is 83.9 cm³/mol. The predicted octanol–water partition coefficient (Wildman–Crippen LogP) is 1.72. The summed E-state index contributed by atoms with van der Waals surface area (Å²) in [6, 6.07) is 8.79. The van der Waals surface area contributed by atoms with Crippen LogP contribution in [0.4, 0.5) is 0 Å². The molecule has 1 fully saturated rings. The lowest BCUT2D eigenvalue weighted by Gasteiger charge is -2.02. The molecule has 1 saturated carbocycles. The molecule has 114 valence electrons. The summed E-state index contributed by atoms with van der Waals surface area (Å²) in [5.41, 5.74) is 2.13. The van der Waals surface area contributed by atoms with E-state index in [1.165, 1.54) is 19.1 Å².